The molecule has 3 aromatic carbocycles. The van der Waals surface area contributed by atoms with Crippen LogP contribution in [0.5, 0.6) is 5.75 Å². The number of aliphatic carboxylic acids is 1. The van der Waals surface area contributed by atoms with E-state index in [1.807, 2.05) is 42.5 Å². The van der Waals surface area contributed by atoms with Gasteiger partial charge in [0, 0.05) is 17.0 Å². The molecule has 0 aliphatic rings. The average Bonchev–Trinajstić information content (AvgIpc) is 2.88. The van der Waals surface area contributed by atoms with E-state index in [0.717, 1.165) is 16.2 Å². The van der Waals surface area contributed by atoms with E-state index in [-0.39, 0.29) is 17.2 Å². The zero-order chi connectivity index (χ0) is 25.3. The van der Waals surface area contributed by atoms with Gasteiger partial charge in [0.1, 0.15) is 11.8 Å². The highest BCUT2D eigenvalue weighted by Crippen LogP contribution is 2.32. The third-order valence-corrected chi connectivity index (χ3v) is 7.22. The van der Waals surface area contributed by atoms with Crippen molar-refractivity contribution in [3.8, 4) is 17.1 Å². The van der Waals surface area contributed by atoms with Crippen molar-refractivity contribution in [1.82, 2.24) is 14.7 Å². The standard InChI is InChI=1S/C27H21N3O5S/c31-20-11-9-17(10-12-20)15-23(27(32)33)30-36(34,35)24-16-19-6-2-4-8-22(19)26(29-24)25-21-7-3-1-5-18(21)13-14-28-25/h1-14,16,23,30-31H,15H2,(H,32,33)/t23-/m0/s1. The topological polar surface area (TPSA) is 129 Å². The molecule has 0 amide bonds. The number of benzene rings is 3. The van der Waals surface area contributed by atoms with Gasteiger partial charge in [0.15, 0.2) is 5.03 Å². The molecule has 36 heavy (non-hydrogen) atoms. The first kappa shape index (κ1) is 23.4. The second-order valence-corrected chi connectivity index (χ2v) is 9.95. The molecule has 0 aliphatic heterocycles. The zero-order valence-corrected chi connectivity index (χ0v) is 19.7. The van der Waals surface area contributed by atoms with E-state index in [0.29, 0.717) is 22.3 Å². The van der Waals surface area contributed by atoms with Gasteiger partial charge < -0.3 is 10.2 Å². The molecule has 2 heterocycles. The lowest BCUT2D eigenvalue weighted by atomic mass is 10.0. The Balaban J connectivity index is 1.60. The third-order valence-electron chi connectivity index (χ3n) is 5.86. The highest BCUT2D eigenvalue weighted by Gasteiger charge is 2.28. The molecule has 0 saturated heterocycles. The summed E-state index contributed by atoms with van der Waals surface area (Å²) >= 11 is 0. The number of phenols is 1. The molecule has 0 unspecified atom stereocenters. The van der Waals surface area contributed by atoms with E-state index in [1.165, 1.54) is 30.3 Å². The lowest BCUT2D eigenvalue weighted by Crippen LogP contribution is -2.42. The summed E-state index contributed by atoms with van der Waals surface area (Å²) in [5.74, 6) is -1.30. The Labute approximate surface area is 207 Å². The molecule has 0 radical (unpaired) electrons. The molecule has 0 spiro atoms. The highest BCUT2D eigenvalue weighted by atomic mass is 32.2. The Bertz CT molecular complexity index is 1700. The lowest BCUT2D eigenvalue weighted by Gasteiger charge is -2.16. The minimum Gasteiger partial charge on any atom is -0.508 e. The van der Waals surface area contributed by atoms with Crippen molar-refractivity contribution in [1.29, 1.82) is 0 Å². The maximum Gasteiger partial charge on any atom is 0.322 e. The number of hydrogen-bond donors (Lipinski definition) is 3. The minimum atomic E-state index is -4.33. The Kier molecular flexibility index (Phi) is 6.09. The van der Waals surface area contributed by atoms with Crippen LogP contribution in [0.4, 0.5) is 0 Å². The van der Waals surface area contributed by atoms with Crippen molar-refractivity contribution in [3.63, 3.8) is 0 Å². The predicted molar refractivity (Wildman–Crippen MR) is 136 cm³/mol. The SMILES string of the molecule is O=C(O)[C@H](Cc1ccc(O)cc1)NS(=O)(=O)c1cc2ccccc2c(-c2nccc3ccccc23)n1. The maximum atomic E-state index is 13.4. The number of fused-ring (bicyclic) bond motifs is 2. The van der Waals surface area contributed by atoms with Crippen molar-refractivity contribution in [3.05, 3.63) is 96.7 Å². The van der Waals surface area contributed by atoms with Gasteiger partial charge in [-0.2, -0.15) is 4.72 Å². The second-order valence-electron chi connectivity index (χ2n) is 8.29. The largest absolute Gasteiger partial charge is 0.508 e. The Morgan fingerprint density at radius 3 is 2.19 bits per heavy atom. The van der Waals surface area contributed by atoms with Gasteiger partial charge in [0.05, 0.1) is 11.4 Å². The molecule has 2 aromatic heterocycles. The summed E-state index contributed by atoms with van der Waals surface area (Å²) in [6.07, 6.45) is 1.53. The van der Waals surface area contributed by atoms with Crippen LogP contribution in [0, 0.1) is 0 Å². The van der Waals surface area contributed by atoms with Crippen molar-refractivity contribution in [2.75, 3.05) is 0 Å². The van der Waals surface area contributed by atoms with Crippen LogP contribution in [0.2, 0.25) is 0 Å². The van der Waals surface area contributed by atoms with Crippen LogP contribution in [-0.4, -0.2) is 40.6 Å². The van der Waals surface area contributed by atoms with Gasteiger partial charge in [-0.3, -0.25) is 9.78 Å². The number of nitrogens with zero attached hydrogens (tertiary/aromatic N) is 2. The van der Waals surface area contributed by atoms with Gasteiger partial charge >= 0.3 is 5.97 Å². The zero-order valence-electron chi connectivity index (χ0n) is 18.9. The molecular weight excluding hydrogens is 478 g/mol. The smallest absolute Gasteiger partial charge is 0.322 e. The highest BCUT2D eigenvalue weighted by molar-refractivity contribution is 7.89. The molecule has 180 valence electrons. The number of pyridine rings is 2. The number of nitrogens with one attached hydrogen (secondary N) is 1. The van der Waals surface area contributed by atoms with Crippen LogP contribution >= 0.6 is 0 Å². The third kappa shape index (κ3) is 4.61. The number of carboxylic acid groups (broad SMARTS) is 1. The predicted octanol–water partition coefficient (Wildman–Crippen LogP) is 4.13. The van der Waals surface area contributed by atoms with Gasteiger partial charge in [0.25, 0.3) is 10.0 Å². The number of rotatable bonds is 7. The molecule has 1 atom stereocenters. The fourth-order valence-electron chi connectivity index (χ4n) is 4.10. The molecule has 0 bridgehead atoms. The van der Waals surface area contributed by atoms with E-state index in [4.69, 9.17) is 0 Å². The van der Waals surface area contributed by atoms with Gasteiger partial charge in [0.2, 0.25) is 0 Å². The monoisotopic (exact) mass is 499 g/mol. The normalized spacial score (nSPS) is 12.6. The van der Waals surface area contributed by atoms with Crippen LogP contribution in [0.15, 0.2) is 96.2 Å². The first-order valence-electron chi connectivity index (χ1n) is 11.1. The Morgan fingerprint density at radius 1 is 0.861 bits per heavy atom. The Hall–Kier alpha value is -4.34. The van der Waals surface area contributed by atoms with E-state index in [2.05, 4.69) is 14.7 Å². The van der Waals surface area contributed by atoms with E-state index in [9.17, 15) is 23.4 Å². The van der Waals surface area contributed by atoms with Crippen LogP contribution in [-0.2, 0) is 21.2 Å². The summed E-state index contributed by atoms with van der Waals surface area (Å²) in [6.45, 7) is 0. The van der Waals surface area contributed by atoms with E-state index >= 15 is 0 Å². The van der Waals surface area contributed by atoms with Crippen molar-refractivity contribution < 1.29 is 23.4 Å². The number of carbonyl (C=O) groups is 1. The first-order valence-corrected chi connectivity index (χ1v) is 12.6. The maximum absolute atomic E-state index is 13.4. The van der Waals surface area contributed by atoms with Crippen LogP contribution in [0.3, 0.4) is 0 Å². The molecule has 5 rings (SSSR count). The van der Waals surface area contributed by atoms with Crippen LogP contribution < -0.4 is 4.72 Å². The molecular formula is C27H21N3O5S. The molecule has 0 aliphatic carbocycles. The lowest BCUT2D eigenvalue weighted by molar-refractivity contribution is -0.138. The van der Waals surface area contributed by atoms with E-state index < -0.39 is 22.0 Å². The van der Waals surface area contributed by atoms with Crippen molar-refractivity contribution >= 4 is 37.5 Å². The number of carboxylic acids is 1. The number of sulfonamides is 1. The molecule has 5 aromatic rings. The summed E-state index contributed by atoms with van der Waals surface area (Å²) in [7, 11) is -4.33. The summed E-state index contributed by atoms with van der Waals surface area (Å²) in [5, 5.41) is 22.0. The number of phenolic OH excluding ortho intramolecular Hbond substituents is 1. The number of aromatic hydroxyl groups is 1. The first-order chi connectivity index (χ1) is 17.3. The average molecular weight is 500 g/mol. The van der Waals surface area contributed by atoms with Crippen LogP contribution in [0.25, 0.3) is 32.9 Å². The van der Waals surface area contributed by atoms with Gasteiger partial charge in [-0.1, -0.05) is 60.7 Å². The van der Waals surface area contributed by atoms with Gasteiger partial charge in [-0.05, 0) is 47.0 Å². The molecule has 9 heteroatoms. The number of hydrogen-bond acceptors (Lipinski definition) is 6. The molecule has 0 saturated carbocycles. The summed E-state index contributed by atoms with van der Waals surface area (Å²) in [6, 6.07) is 22.6. The fourth-order valence-corrected chi connectivity index (χ4v) is 5.27. The Morgan fingerprint density at radius 2 is 1.50 bits per heavy atom. The van der Waals surface area contributed by atoms with Gasteiger partial charge in [-0.15, -0.1) is 0 Å². The number of aromatic nitrogens is 2. The quantitative estimate of drug-likeness (QED) is 0.307. The van der Waals surface area contributed by atoms with Gasteiger partial charge in [-0.25, -0.2) is 13.4 Å². The second kappa shape index (κ2) is 9.37. The fraction of sp³-hybridized carbons (Fsp3) is 0.0741. The minimum absolute atomic E-state index is 0.0288. The summed E-state index contributed by atoms with van der Waals surface area (Å²) in [4.78, 5) is 20.9. The molecule has 8 nitrogen and oxygen atoms in total. The van der Waals surface area contributed by atoms with E-state index in [1.54, 1.807) is 18.3 Å². The summed E-state index contributed by atoms with van der Waals surface area (Å²) in [5.41, 5.74) is 1.46. The van der Waals surface area contributed by atoms with Crippen molar-refractivity contribution in [2.45, 2.75) is 17.5 Å². The summed E-state index contributed by atoms with van der Waals surface area (Å²) < 4.78 is 29.0. The molecule has 3 N–H and O–H groups in total. The van der Waals surface area contributed by atoms with Crippen LogP contribution in [0.1, 0.15) is 5.56 Å². The molecule has 0 fully saturated rings. The van der Waals surface area contributed by atoms with Crippen molar-refractivity contribution in [2.24, 2.45) is 0 Å².